The van der Waals surface area contributed by atoms with Gasteiger partial charge in [-0.25, -0.2) is 50.3 Å². The second kappa shape index (κ2) is 27.5. The summed E-state index contributed by atoms with van der Waals surface area (Å²) in [6, 6.07) is 7.21. The average Bonchev–Trinajstić information content (AvgIpc) is 4.10. The number of nitrogens with one attached hydrogen (secondary N) is 3. The van der Waals surface area contributed by atoms with Crippen molar-refractivity contribution in [2.45, 2.75) is 26.2 Å². The number of ether oxygens (including phenoxy) is 1. The van der Waals surface area contributed by atoms with Gasteiger partial charge in [0.05, 0.1) is 24.5 Å². The van der Waals surface area contributed by atoms with Gasteiger partial charge in [0.25, 0.3) is 17.9 Å². The summed E-state index contributed by atoms with van der Waals surface area (Å²) in [6.07, 6.45) is 5.21. The molecule has 0 aliphatic carbocycles. The molecule has 352 valence electrons. The zero-order valence-electron chi connectivity index (χ0n) is 34.4. The number of aromatic nitrogens is 4. The monoisotopic (exact) mass is 1050 g/mol. The van der Waals surface area contributed by atoms with Crippen LogP contribution < -0.4 is 16.0 Å². The third-order valence-electron chi connectivity index (χ3n) is 8.06. The number of hydrazone groups is 3. The minimum Gasteiger partial charge on any atom is -0.354 e. The van der Waals surface area contributed by atoms with Gasteiger partial charge in [0, 0.05) is 75.7 Å². The zero-order chi connectivity index (χ0) is 48.0. The smallest absolute Gasteiger partial charge is 0.277 e. The largest absolute Gasteiger partial charge is 0.354 e. The van der Waals surface area contributed by atoms with Crippen molar-refractivity contribution >= 4 is 104 Å². The second-order valence-corrected chi connectivity index (χ2v) is 17.4. The number of nitrogens with zero attached hydrogens (tertiary/aromatic N) is 16. The van der Waals surface area contributed by atoms with Gasteiger partial charge < -0.3 is 40.3 Å². The van der Waals surface area contributed by atoms with Crippen LogP contribution in [0.1, 0.15) is 22.5 Å². The van der Waals surface area contributed by atoms with Crippen molar-refractivity contribution in [3.8, 4) is 6.19 Å². The van der Waals surface area contributed by atoms with Crippen molar-refractivity contribution < 1.29 is 19.8 Å². The quantitative estimate of drug-likeness (QED) is 0.0465. The first-order chi connectivity index (χ1) is 31.6. The maximum atomic E-state index is 10.5. The van der Waals surface area contributed by atoms with Crippen molar-refractivity contribution in [3.05, 3.63) is 120 Å². The van der Waals surface area contributed by atoms with E-state index in [1.54, 1.807) is 68.8 Å². The van der Waals surface area contributed by atoms with Gasteiger partial charge in [-0.1, -0.05) is 70.3 Å². The summed E-state index contributed by atoms with van der Waals surface area (Å²) in [6.45, 7) is 4.66. The standard InChI is InChI=1S/C10H9ClN4S.C9H10ClN5O2.C8H10ClN5O3S.C6H8ClN5O2S/c11-9-2-1-8(5-13-9)6-15-3-4-16-10(15)14-7-12;10-8-2-1-7(5-12-8)6-14-4-3-11-9(14)13-15(16)17;1-12-4-17-5-13(8(12)11-14(15)16)2-6-3-18-7(9)10-6;1-8-6(11-12(13)14)9-2-4-3-15-5(7)10-4/h1-2,5H,3-4,6H2;1-2,5H,3-4,6H2,(H,11,13);3H,2,4-5H2,1H3;3H,2H2,1H3,(H2,8,9,11)/b;;11-8+;. The van der Waals surface area contributed by atoms with Gasteiger partial charge in [-0.3, -0.25) is 0 Å². The average molecular weight is 1050 g/mol. The van der Waals surface area contributed by atoms with Gasteiger partial charge in [0.15, 0.2) is 29.2 Å². The van der Waals surface area contributed by atoms with Crippen LogP contribution >= 0.6 is 80.8 Å². The first kappa shape index (κ1) is 52.6. The van der Waals surface area contributed by atoms with Crippen molar-refractivity contribution in [3.63, 3.8) is 0 Å². The number of halogens is 4. The Balaban J connectivity index is 0.000000193. The fraction of sp³-hybridized carbons (Fsp3) is 0.364. The molecule has 0 atom stereocenters. The molecule has 0 aromatic carbocycles. The predicted molar refractivity (Wildman–Crippen MR) is 250 cm³/mol. The highest BCUT2D eigenvalue weighted by atomic mass is 35.5. The SMILES string of the molecule is CN1COCN(Cc2csc(Cl)n2)/C1=N/[N+](=O)[O-].CNC(=N[N+](=O)[O-])NCc1csc(Cl)n1.N#CN=C1SCCN1Cc1ccc(Cl)nc1.O=[N+]([O-])/N=C1\NCCN1Cc1ccc(Cl)nc1. The predicted octanol–water partition coefficient (Wildman–Crippen LogP) is 4.49. The van der Waals surface area contributed by atoms with E-state index in [2.05, 4.69) is 61.1 Å². The van der Waals surface area contributed by atoms with Crippen molar-refractivity contribution in [2.75, 3.05) is 52.9 Å². The Kier molecular flexibility index (Phi) is 21.9. The van der Waals surface area contributed by atoms with Crippen LogP contribution in [0.5, 0.6) is 0 Å². The molecule has 4 aromatic heterocycles. The lowest BCUT2D eigenvalue weighted by Crippen LogP contribution is -2.49. The molecule has 0 bridgehead atoms. The van der Waals surface area contributed by atoms with Crippen LogP contribution in [0.4, 0.5) is 0 Å². The Morgan fingerprint density at radius 2 is 1.48 bits per heavy atom. The number of thiazole rings is 2. The summed E-state index contributed by atoms with van der Waals surface area (Å²) < 4.78 is 6.14. The topological polar surface area (TPSA) is 312 Å². The molecule has 3 aliphatic heterocycles. The third-order valence-corrected chi connectivity index (χ3v) is 11.6. The number of hydrogen-bond acceptors (Lipinski definition) is 16. The van der Waals surface area contributed by atoms with Crippen LogP contribution in [0, 0.1) is 41.8 Å². The van der Waals surface area contributed by atoms with E-state index >= 15 is 0 Å². The first-order valence-corrected chi connectivity index (χ1v) is 22.8. The Morgan fingerprint density at radius 1 is 0.864 bits per heavy atom. The summed E-state index contributed by atoms with van der Waals surface area (Å²) >= 11 is 27.0. The van der Waals surface area contributed by atoms with Crippen molar-refractivity contribution in [2.24, 2.45) is 20.3 Å². The molecule has 3 N–H and O–H groups in total. The molecule has 0 spiro atoms. The fourth-order valence-corrected chi connectivity index (χ4v) is 8.05. The maximum Gasteiger partial charge on any atom is 0.277 e. The third kappa shape index (κ3) is 18.8. The minimum atomic E-state index is -0.785. The lowest BCUT2D eigenvalue weighted by Gasteiger charge is -2.34. The Bertz CT molecular complexity index is 2410. The van der Waals surface area contributed by atoms with Crippen LogP contribution in [0.25, 0.3) is 0 Å². The van der Waals surface area contributed by atoms with Gasteiger partial charge in [-0.2, -0.15) is 5.26 Å². The summed E-state index contributed by atoms with van der Waals surface area (Å²) in [5, 5.41) is 60.3. The zero-order valence-corrected chi connectivity index (χ0v) is 39.9. The van der Waals surface area contributed by atoms with Crippen LogP contribution in [-0.4, -0.2) is 131 Å². The number of amidine groups is 1. The summed E-state index contributed by atoms with van der Waals surface area (Å²) in [4.78, 5) is 57.7. The van der Waals surface area contributed by atoms with Crippen LogP contribution in [0.2, 0.25) is 19.2 Å². The number of nitriles is 1. The second-order valence-electron chi connectivity index (χ2n) is 12.7. The van der Waals surface area contributed by atoms with E-state index < -0.39 is 15.1 Å². The van der Waals surface area contributed by atoms with Gasteiger partial charge in [-0.05, 0) is 23.3 Å². The Hall–Kier alpha value is -6.00. The van der Waals surface area contributed by atoms with E-state index in [0.717, 1.165) is 40.8 Å². The number of hydrogen-bond donors (Lipinski definition) is 3. The van der Waals surface area contributed by atoms with E-state index in [1.165, 1.54) is 29.7 Å². The molecule has 26 nitrogen and oxygen atoms in total. The molecule has 0 saturated carbocycles. The lowest BCUT2D eigenvalue weighted by atomic mass is 10.3. The molecule has 0 radical (unpaired) electrons. The van der Waals surface area contributed by atoms with Gasteiger partial charge >= 0.3 is 0 Å². The summed E-state index contributed by atoms with van der Waals surface area (Å²) in [5.41, 5.74) is 3.42. The molecule has 4 aromatic rings. The highest BCUT2D eigenvalue weighted by Crippen LogP contribution is 2.21. The highest BCUT2D eigenvalue weighted by molar-refractivity contribution is 8.14. The maximum absolute atomic E-state index is 10.5. The lowest BCUT2D eigenvalue weighted by molar-refractivity contribution is -0.486. The molecule has 3 aliphatic rings. The number of guanidine groups is 3. The fourth-order valence-electron chi connectivity index (χ4n) is 5.33. The van der Waals surface area contributed by atoms with E-state index in [9.17, 15) is 30.3 Å². The van der Waals surface area contributed by atoms with E-state index in [-0.39, 0.29) is 31.3 Å². The molecule has 3 fully saturated rings. The number of rotatable bonds is 11. The number of aliphatic imine (C=N–C) groups is 1. The molecule has 7 heterocycles. The van der Waals surface area contributed by atoms with Gasteiger partial charge in [0.1, 0.15) is 39.1 Å². The van der Waals surface area contributed by atoms with Gasteiger partial charge in [0.2, 0.25) is 6.19 Å². The normalized spacial score (nSPS) is 16.3. The molecule has 0 amide bonds. The number of nitro groups is 3. The van der Waals surface area contributed by atoms with Gasteiger partial charge in [-0.15, -0.1) is 27.7 Å². The van der Waals surface area contributed by atoms with E-state index in [1.807, 2.05) is 18.3 Å². The molecular weight excluding hydrogens is 1010 g/mol. The number of pyridine rings is 2. The highest BCUT2D eigenvalue weighted by Gasteiger charge is 2.26. The van der Waals surface area contributed by atoms with Crippen LogP contribution in [0.15, 0.2) is 67.7 Å². The van der Waals surface area contributed by atoms with E-state index in [4.69, 9.17) is 56.4 Å². The molecular formula is C33H37Cl4N19O7S3. The van der Waals surface area contributed by atoms with Crippen LogP contribution in [-0.2, 0) is 30.9 Å². The number of thioether (sulfide) groups is 1. The first-order valence-electron chi connectivity index (χ1n) is 18.5. The molecule has 0 unspecified atom stereocenters. The minimum absolute atomic E-state index is 0.0733. The molecule has 3 saturated heterocycles. The van der Waals surface area contributed by atoms with Crippen molar-refractivity contribution in [1.82, 2.24) is 55.5 Å². The van der Waals surface area contributed by atoms with E-state index in [0.29, 0.717) is 57.7 Å². The van der Waals surface area contributed by atoms with Crippen molar-refractivity contribution in [1.29, 1.82) is 5.26 Å². The van der Waals surface area contributed by atoms with Crippen LogP contribution in [0.3, 0.4) is 0 Å². The Labute approximate surface area is 407 Å². The summed E-state index contributed by atoms with van der Waals surface area (Å²) in [7, 11) is 3.20. The molecule has 7 rings (SSSR count). The molecule has 66 heavy (non-hydrogen) atoms. The Morgan fingerprint density at radius 3 is 2.02 bits per heavy atom. The molecule has 33 heteroatoms. The summed E-state index contributed by atoms with van der Waals surface area (Å²) in [5.74, 6) is 1.58.